The minimum Gasteiger partial charge on any atom is -0.496 e. The molecule has 14 nitrogen and oxygen atoms in total. The molecule has 0 amide bonds. The Morgan fingerprint density at radius 1 is 0.741 bits per heavy atom. The first kappa shape index (κ1) is 37.0. The Labute approximate surface area is 312 Å². The van der Waals surface area contributed by atoms with Gasteiger partial charge in [0.25, 0.3) is 16.7 Å². The molecule has 6 heterocycles. The van der Waals surface area contributed by atoms with Gasteiger partial charge in [0.05, 0.1) is 38.4 Å². The van der Waals surface area contributed by atoms with E-state index in [1.807, 2.05) is 30.5 Å². The summed E-state index contributed by atoms with van der Waals surface area (Å²) in [6.07, 6.45) is 12.6. The van der Waals surface area contributed by atoms with E-state index in [-0.39, 0.29) is 29.9 Å². The van der Waals surface area contributed by atoms with E-state index in [4.69, 9.17) is 14.2 Å². The zero-order valence-corrected chi connectivity index (χ0v) is 31.0. The van der Waals surface area contributed by atoms with E-state index < -0.39 is 11.2 Å². The molecule has 2 saturated heterocycles. The van der Waals surface area contributed by atoms with Crippen LogP contribution < -0.4 is 31.8 Å². The smallest absolute Gasteiger partial charge is 0.328 e. The van der Waals surface area contributed by atoms with E-state index in [1.165, 1.54) is 16.8 Å². The van der Waals surface area contributed by atoms with E-state index in [0.29, 0.717) is 23.2 Å². The van der Waals surface area contributed by atoms with Gasteiger partial charge in [-0.3, -0.25) is 33.8 Å². The lowest BCUT2D eigenvalue weighted by molar-refractivity contribution is -0.0658. The highest BCUT2D eigenvalue weighted by Crippen LogP contribution is 2.39. The third-order valence-corrected chi connectivity index (χ3v) is 10.7. The van der Waals surface area contributed by atoms with Crippen molar-refractivity contribution in [3.63, 3.8) is 0 Å². The average Bonchev–Trinajstić information content (AvgIpc) is 3.18. The summed E-state index contributed by atoms with van der Waals surface area (Å²) in [4.78, 5) is 60.6. The normalized spacial score (nSPS) is 16.2. The van der Waals surface area contributed by atoms with Gasteiger partial charge in [0.15, 0.2) is 0 Å². The van der Waals surface area contributed by atoms with E-state index in [2.05, 4.69) is 19.8 Å². The predicted molar refractivity (Wildman–Crippen MR) is 205 cm³/mol. The van der Waals surface area contributed by atoms with Crippen LogP contribution in [0.25, 0.3) is 21.9 Å². The SMILES string of the molecule is COc1cc(-c2cn(C)c(=O)c3cnccc23)c(OC)cc1CN1CCC(OC2CCN(CCn3cccc(Cn4ccc(=O)[nH]c4=O)c3=O)CC2)CC1. The highest BCUT2D eigenvalue weighted by Gasteiger charge is 2.27. The van der Waals surface area contributed by atoms with Crippen molar-refractivity contribution in [3.8, 4) is 22.6 Å². The number of hydrogen-bond donors (Lipinski definition) is 1. The van der Waals surface area contributed by atoms with Gasteiger partial charge in [-0.25, -0.2) is 4.79 Å². The number of methoxy groups -OCH3 is 2. The molecule has 2 aliphatic heterocycles. The number of aryl methyl sites for hydroxylation is 1. The van der Waals surface area contributed by atoms with Gasteiger partial charge in [-0.1, -0.05) is 6.07 Å². The number of aromatic nitrogens is 5. The number of H-pyrrole nitrogens is 1. The summed E-state index contributed by atoms with van der Waals surface area (Å²) < 4.78 is 23.0. The van der Waals surface area contributed by atoms with Crippen LogP contribution in [0.15, 0.2) is 86.6 Å². The summed E-state index contributed by atoms with van der Waals surface area (Å²) in [5.74, 6) is 1.49. The second-order valence-electron chi connectivity index (χ2n) is 14.2. The molecule has 1 aromatic carbocycles. The molecule has 2 fully saturated rings. The minimum atomic E-state index is -0.538. The van der Waals surface area contributed by atoms with Crippen LogP contribution in [0.3, 0.4) is 0 Å². The lowest BCUT2D eigenvalue weighted by Crippen LogP contribution is -2.43. The maximum Gasteiger partial charge on any atom is 0.328 e. The Balaban J connectivity index is 0.899. The standard InChI is InChI=1S/C40H47N7O7/c1-43-26-34(31-6-12-41-23-33(31)39(43)50)32-22-35(52-2)28(21-36(32)53-3)24-45-16-9-30(10-17-45)54-29-7-14-44(15-8-29)19-20-46-13-4-5-27(38(46)49)25-47-18-11-37(48)42-40(47)51/h4-6,11-13,18,21-23,26,29-30H,7-10,14-17,19-20,24-25H2,1-3H3,(H,42,48,51). The van der Waals surface area contributed by atoms with Gasteiger partial charge < -0.3 is 28.2 Å². The van der Waals surface area contributed by atoms with Crippen LogP contribution in [-0.4, -0.2) is 92.6 Å². The first-order valence-corrected chi connectivity index (χ1v) is 18.5. The third kappa shape index (κ3) is 8.10. The summed E-state index contributed by atoms with van der Waals surface area (Å²) >= 11 is 0. The topological polar surface area (TPSA) is 146 Å². The molecule has 0 bridgehead atoms. The number of piperidine rings is 2. The van der Waals surface area contributed by atoms with Crippen molar-refractivity contribution in [1.29, 1.82) is 0 Å². The van der Waals surface area contributed by atoms with Gasteiger partial charge in [0, 0.05) is 112 Å². The van der Waals surface area contributed by atoms with Crippen molar-refractivity contribution in [3.05, 3.63) is 120 Å². The first-order valence-electron chi connectivity index (χ1n) is 18.5. The van der Waals surface area contributed by atoms with Crippen LogP contribution in [0.5, 0.6) is 11.5 Å². The van der Waals surface area contributed by atoms with Crippen molar-refractivity contribution in [2.45, 2.75) is 57.5 Å². The molecule has 2 aliphatic rings. The molecule has 1 N–H and O–H groups in total. The van der Waals surface area contributed by atoms with Crippen LogP contribution in [0.4, 0.5) is 0 Å². The lowest BCUT2D eigenvalue weighted by Gasteiger charge is -2.37. The van der Waals surface area contributed by atoms with Gasteiger partial charge in [0.2, 0.25) is 0 Å². The number of aromatic amines is 1. The van der Waals surface area contributed by atoms with Gasteiger partial charge in [0.1, 0.15) is 11.5 Å². The molecule has 7 rings (SSSR count). The lowest BCUT2D eigenvalue weighted by atomic mass is 9.98. The summed E-state index contributed by atoms with van der Waals surface area (Å²) in [6.45, 7) is 5.78. The highest BCUT2D eigenvalue weighted by atomic mass is 16.5. The van der Waals surface area contributed by atoms with E-state index >= 15 is 0 Å². The van der Waals surface area contributed by atoms with Crippen molar-refractivity contribution >= 4 is 10.8 Å². The number of benzene rings is 1. The summed E-state index contributed by atoms with van der Waals surface area (Å²) in [5.41, 5.74) is 2.02. The Hall–Kier alpha value is -5.31. The fourth-order valence-corrected chi connectivity index (χ4v) is 7.69. The largest absolute Gasteiger partial charge is 0.496 e. The summed E-state index contributed by atoms with van der Waals surface area (Å²) in [5, 5.41) is 1.37. The minimum absolute atomic E-state index is 0.0986. The molecule has 14 heteroatoms. The molecule has 0 atom stereocenters. The van der Waals surface area contributed by atoms with Gasteiger partial charge in [-0.2, -0.15) is 0 Å². The van der Waals surface area contributed by atoms with Crippen LogP contribution >= 0.6 is 0 Å². The molecule has 0 saturated carbocycles. The fraction of sp³-hybridized carbons (Fsp3) is 0.425. The van der Waals surface area contributed by atoms with E-state index in [9.17, 15) is 19.2 Å². The summed E-state index contributed by atoms with van der Waals surface area (Å²) in [7, 11) is 5.09. The zero-order valence-electron chi connectivity index (χ0n) is 31.0. The second kappa shape index (κ2) is 16.4. The number of nitrogens with one attached hydrogen (secondary N) is 1. The van der Waals surface area contributed by atoms with Crippen LogP contribution in [0, 0.1) is 0 Å². The van der Waals surface area contributed by atoms with Crippen molar-refractivity contribution in [1.82, 2.24) is 33.5 Å². The monoisotopic (exact) mass is 737 g/mol. The number of pyridine rings is 3. The van der Waals surface area contributed by atoms with Crippen molar-refractivity contribution < 1.29 is 14.2 Å². The van der Waals surface area contributed by atoms with Crippen LogP contribution in [-0.2, 0) is 31.4 Å². The Morgan fingerprint density at radius 2 is 1.46 bits per heavy atom. The Bertz CT molecular complexity index is 2350. The first-order chi connectivity index (χ1) is 26.2. The highest BCUT2D eigenvalue weighted by molar-refractivity contribution is 5.97. The van der Waals surface area contributed by atoms with E-state index in [0.717, 1.165) is 92.8 Å². The predicted octanol–water partition coefficient (Wildman–Crippen LogP) is 2.82. The number of nitrogens with zero attached hydrogens (tertiary/aromatic N) is 6. The molecule has 54 heavy (non-hydrogen) atoms. The number of fused-ring (bicyclic) bond motifs is 1. The maximum atomic E-state index is 13.1. The zero-order chi connectivity index (χ0) is 37.8. The van der Waals surface area contributed by atoms with Gasteiger partial charge in [-0.05, 0) is 55.3 Å². The third-order valence-electron chi connectivity index (χ3n) is 10.7. The second-order valence-corrected chi connectivity index (χ2v) is 14.2. The average molecular weight is 738 g/mol. The van der Waals surface area contributed by atoms with Crippen molar-refractivity contribution in [2.75, 3.05) is 46.9 Å². The Kier molecular flexibility index (Phi) is 11.2. The van der Waals surface area contributed by atoms with Crippen molar-refractivity contribution in [2.24, 2.45) is 7.05 Å². The molecule has 0 unspecified atom stereocenters. The molecule has 0 radical (unpaired) electrons. The molecular weight excluding hydrogens is 690 g/mol. The van der Waals surface area contributed by atoms with Crippen LogP contribution in [0.2, 0.25) is 0 Å². The quantitative estimate of drug-likeness (QED) is 0.203. The molecule has 284 valence electrons. The number of ether oxygens (including phenoxy) is 3. The van der Waals surface area contributed by atoms with Gasteiger partial charge >= 0.3 is 5.69 Å². The number of likely N-dealkylation sites (tertiary alicyclic amines) is 2. The fourth-order valence-electron chi connectivity index (χ4n) is 7.69. The molecule has 0 aliphatic carbocycles. The van der Waals surface area contributed by atoms with Crippen LogP contribution in [0.1, 0.15) is 36.8 Å². The molecule has 5 aromatic rings. The van der Waals surface area contributed by atoms with E-state index in [1.54, 1.807) is 55.1 Å². The Morgan fingerprint density at radius 3 is 2.17 bits per heavy atom. The molecule has 4 aromatic heterocycles. The number of hydrogen-bond acceptors (Lipinski definition) is 10. The van der Waals surface area contributed by atoms with Gasteiger partial charge in [-0.15, -0.1) is 0 Å². The molecule has 0 spiro atoms. The maximum absolute atomic E-state index is 13.1. The summed E-state index contributed by atoms with van der Waals surface area (Å²) in [6, 6.07) is 10.7. The number of rotatable bonds is 12. The molecular formula is C40H47N7O7.